The van der Waals surface area contributed by atoms with Crippen molar-refractivity contribution in [2.24, 2.45) is 0 Å². The molecule has 0 aliphatic carbocycles. The van der Waals surface area contributed by atoms with Gasteiger partial charge in [-0.25, -0.2) is 4.79 Å². The highest BCUT2D eigenvalue weighted by Gasteiger charge is 2.25. The number of rotatable bonds is 7. The van der Waals surface area contributed by atoms with Gasteiger partial charge in [-0.3, -0.25) is 10.1 Å². The number of non-ortho nitro benzene ring substituents is 1. The Bertz CT molecular complexity index is 1290. The summed E-state index contributed by atoms with van der Waals surface area (Å²) in [6.45, 7) is 5.78. The van der Waals surface area contributed by atoms with Crippen LogP contribution in [0.1, 0.15) is 42.0 Å². The lowest BCUT2D eigenvalue weighted by molar-refractivity contribution is -0.384. The third-order valence-corrected chi connectivity index (χ3v) is 4.80. The van der Waals surface area contributed by atoms with Crippen molar-refractivity contribution in [3.8, 4) is 17.2 Å². The second-order valence-electron chi connectivity index (χ2n) is 6.94. The minimum absolute atomic E-state index is 0.0506. The number of hydrogen-bond acceptors (Lipinski definition) is 9. The standard InChI is InChI=1S/C22H19N3O7/c1-4-29-16-9-10-18-17(11-16)12(2)19(31-18)22(26)30-13(3)20-23-24-21(32-20)14-5-7-15(8-6-14)25(27)28/h5-11,13H,4H2,1-3H3. The number of aromatic nitrogens is 2. The molecule has 0 amide bonds. The number of carbonyl (C=O) groups excluding carboxylic acids is 1. The maximum absolute atomic E-state index is 12.7. The molecule has 2 aromatic carbocycles. The fraction of sp³-hybridized carbons (Fsp3) is 0.227. The third kappa shape index (κ3) is 4.02. The molecule has 2 heterocycles. The molecule has 1 atom stereocenters. The van der Waals surface area contributed by atoms with Crippen molar-refractivity contribution in [3.05, 3.63) is 69.8 Å². The Kier molecular flexibility index (Phi) is 5.59. The van der Waals surface area contributed by atoms with Gasteiger partial charge >= 0.3 is 5.97 Å². The molecule has 10 heteroatoms. The topological polar surface area (TPSA) is 131 Å². The zero-order chi connectivity index (χ0) is 22.8. The minimum Gasteiger partial charge on any atom is -0.494 e. The van der Waals surface area contributed by atoms with Crippen molar-refractivity contribution in [1.29, 1.82) is 0 Å². The maximum Gasteiger partial charge on any atom is 0.375 e. The minimum atomic E-state index is -0.839. The van der Waals surface area contributed by atoms with Gasteiger partial charge in [0.25, 0.3) is 11.6 Å². The molecular weight excluding hydrogens is 418 g/mol. The van der Waals surface area contributed by atoms with Gasteiger partial charge in [-0.1, -0.05) is 0 Å². The van der Waals surface area contributed by atoms with E-state index in [1.165, 1.54) is 24.3 Å². The van der Waals surface area contributed by atoms with Gasteiger partial charge < -0.3 is 18.3 Å². The molecular formula is C22H19N3O7. The summed E-state index contributed by atoms with van der Waals surface area (Å²) in [4.78, 5) is 23.0. The predicted octanol–water partition coefficient (Wildman–Crippen LogP) is 5.02. The van der Waals surface area contributed by atoms with Crippen molar-refractivity contribution in [3.63, 3.8) is 0 Å². The van der Waals surface area contributed by atoms with Gasteiger partial charge in [-0.15, -0.1) is 10.2 Å². The normalized spacial score (nSPS) is 12.0. The van der Waals surface area contributed by atoms with Crippen LogP contribution in [0, 0.1) is 17.0 Å². The molecule has 0 radical (unpaired) electrons. The zero-order valence-electron chi connectivity index (χ0n) is 17.5. The Morgan fingerprint density at radius 1 is 1.16 bits per heavy atom. The van der Waals surface area contributed by atoms with Crippen molar-refractivity contribution in [2.45, 2.75) is 26.9 Å². The predicted molar refractivity (Wildman–Crippen MR) is 112 cm³/mol. The van der Waals surface area contributed by atoms with Crippen LogP contribution >= 0.6 is 0 Å². The van der Waals surface area contributed by atoms with Crippen LogP contribution in [0.4, 0.5) is 5.69 Å². The Balaban J connectivity index is 1.50. The van der Waals surface area contributed by atoms with Crippen LogP contribution in [-0.4, -0.2) is 27.7 Å². The zero-order valence-corrected chi connectivity index (χ0v) is 17.5. The number of carbonyl (C=O) groups is 1. The first-order valence-corrected chi connectivity index (χ1v) is 9.82. The molecule has 0 bridgehead atoms. The fourth-order valence-corrected chi connectivity index (χ4v) is 3.16. The number of aryl methyl sites for hydroxylation is 1. The van der Waals surface area contributed by atoms with E-state index in [1.807, 2.05) is 13.0 Å². The third-order valence-electron chi connectivity index (χ3n) is 4.80. The summed E-state index contributed by atoms with van der Waals surface area (Å²) >= 11 is 0. The van der Waals surface area contributed by atoms with E-state index in [-0.39, 0.29) is 23.2 Å². The number of nitro benzene ring substituents is 1. The van der Waals surface area contributed by atoms with Crippen molar-refractivity contribution >= 4 is 22.6 Å². The molecule has 0 aliphatic heterocycles. The Morgan fingerprint density at radius 3 is 2.59 bits per heavy atom. The van der Waals surface area contributed by atoms with Crippen LogP contribution in [0.3, 0.4) is 0 Å². The van der Waals surface area contributed by atoms with Gasteiger partial charge in [0.15, 0.2) is 6.10 Å². The van der Waals surface area contributed by atoms with Gasteiger partial charge in [0, 0.05) is 28.6 Å². The number of ether oxygens (including phenoxy) is 2. The number of nitro groups is 1. The molecule has 0 saturated carbocycles. The summed E-state index contributed by atoms with van der Waals surface area (Å²) < 4.78 is 22.2. The van der Waals surface area contributed by atoms with Crippen LogP contribution in [0.5, 0.6) is 5.75 Å². The largest absolute Gasteiger partial charge is 0.494 e. The first kappa shape index (κ1) is 21.0. The highest BCUT2D eigenvalue weighted by atomic mass is 16.6. The molecule has 2 aromatic heterocycles. The molecule has 0 spiro atoms. The second-order valence-corrected chi connectivity index (χ2v) is 6.94. The van der Waals surface area contributed by atoms with Gasteiger partial charge in [-0.2, -0.15) is 0 Å². The molecule has 164 valence electrons. The number of hydrogen-bond donors (Lipinski definition) is 0. The lowest BCUT2D eigenvalue weighted by atomic mass is 10.1. The van der Waals surface area contributed by atoms with Crippen LogP contribution in [0.2, 0.25) is 0 Å². The summed E-state index contributed by atoms with van der Waals surface area (Å²) in [7, 11) is 0. The van der Waals surface area contributed by atoms with Crippen LogP contribution < -0.4 is 4.74 Å². The molecule has 0 N–H and O–H groups in total. The summed E-state index contributed by atoms with van der Waals surface area (Å²) in [5.41, 5.74) is 1.64. The quantitative estimate of drug-likeness (QED) is 0.222. The van der Waals surface area contributed by atoms with Gasteiger partial charge in [0.1, 0.15) is 11.3 Å². The molecule has 4 rings (SSSR count). The number of fused-ring (bicyclic) bond motifs is 1. The number of nitrogens with zero attached hydrogens (tertiary/aromatic N) is 3. The van der Waals surface area contributed by atoms with Crippen molar-refractivity contribution < 1.29 is 28.0 Å². The van der Waals surface area contributed by atoms with Gasteiger partial charge in [0.05, 0.1) is 11.5 Å². The van der Waals surface area contributed by atoms with E-state index >= 15 is 0 Å². The first-order valence-electron chi connectivity index (χ1n) is 9.82. The number of benzene rings is 2. The van der Waals surface area contributed by atoms with E-state index in [1.54, 1.807) is 26.0 Å². The fourth-order valence-electron chi connectivity index (χ4n) is 3.16. The van der Waals surface area contributed by atoms with E-state index < -0.39 is 17.0 Å². The van der Waals surface area contributed by atoms with Gasteiger partial charge in [0.2, 0.25) is 11.7 Å². The molecule has 0 saturated heterocycles. The molecule has 0 fully saturated rings. The average molecular weight is 437 g/mol. The van der Waals surface area contributed by atoms with E-state index in [9.17, 15) is 14.9 Å². The number of esters is 1. The summed E-state index contributed by atoms with van der Waals surface area (Å²) in [6, 6.07) is 11.0. The molecule has 10 nitrogen and oxygen atoms in total. The maximum atomic E-state index is 12.7. The van der Waals surface area contributed by atoms with E-state index in [4.69, 9.17) is 18.3 Å². The van der Waals surface area contributed by atoms with Crippen LogP contribution in [0.15, 0.2) is 51.3 Å². The Labute approximate surface area is 181 Å². The number of furan rings is 1. The highest BCUT2D eigenvalue weighted by Crippen LogP contribution is 2.31. The Hall–Kier alpha value is -4.21. The lowest BCUT2D eigenvalue weighted by Gasteiger charge is -2.08. The molecule has 1 unspecified atom stereocenters. The molecule has 32 heavy (non-hydrogen) atoms. The van der Waals surface area contributed by atoms with Crippen LogP contribution in [-0.2, 0) is 4.74 Å². The summed E-state index contributed by atoms with van der Waals surface area (Å²) in [5.74, 6) is 0.330. The summed E-state index contributed by atoms with van der Waals surface area (Å²) in [5, 5.41) is 19.4. The second kappa shape index (κ2) is 8.50. The molecule has 0 aliphatic rings. The van der Waals surface area contributed by atoms with E-state index in [0.29, 0.717) is 29.1 Å². The van der Waals surface area contributed by atoms with Gasteiger partial charge in [-0.05, 0) is 51.1 Å². The van der Waals surface area contributed by atoms with Crippen LogP contribution in [0.25, 0.3) is 22.4 Å². The summed E-state index contributed by atoms with van der Waals surface area (Å²) in [6.07, 6.45) is -0.839. The highest BCUT2D eigenvalue weighted by molar-refractivity contribution is 5.96. The smallest absolute Gasteiger partial charge is 0.375 e. The van der Waals surface area contributed by atoms with E-state index in [2.05, 4.69) is 10.2 Å². The molecule has 4 aromatic rings. The SMILES string of the molecule is CCOc1ccc2oc(C(=O)OC(C)c3nnc(-c4ccc([N+](=O)[O-])cc4)o3)c(C)c2c1. The van der Waals surface area contributed by atoms with Crippen molar-refractivity contribution in [1.82, 2.24) is 10.2 Å². The monoisotopic (exact) mass is 437 g/mol. The Morgan fingerprint density at radius 2 is 1.91 bits per heavy atom. The van der Waals surface area contributed by atoms with Crippen molar-refractivity contribution in [2.75, 3.05) is 6.61 Å². The average Bonchev–Trinajstić information content (AvgIpc) is 3.40. The first-order chi connectivity index (χ1) is 15.4. The van der Waals surface area contributed by atoms with E-state index in [0.717, 1.165) is 5.39 Å². The lowest BCUT2D eigenvalue weighted by Crippen LogP contribution is -2.09.